The van der Waals surface area contributed by atoms with E-state index >= 15 is 0 Å². The Morgan fingerprint density at radius 3 is 2.92 bits per heavy atom. The summed E-state index contributed by atoms with van der Waals surface area (Å²) < 4.78 is 0. The Hall–Kier alpha value is -1.88. The average molecular weight is 168 g/mol. The highest BCUT2D eigenvalue weighted by molar-refractivity contribution is 5.84. The minimum absolute atomic E-state index is 0.425. The van der Waals surface area contributed by atoms with E-state index in [0.717, 1.165) is 16.3 Å². The molecule has 0 spiro atoms. The molecule has 0 radical (unpaired) electrons. The van der Waals surface area contributed by atoms with Crippen LogP contribution in [0.15, 0.2) is 36.7 Å². The molecule has 0 atom stereocenters. The van der Waals surface area contributed by atoms with E-state index in [1.54, 1.807) is 6.20 Å². The van der Waals surface area contributed by atoms with Crippen molar-refractivity contribution in [3.05, 3.63) is 42.2 Å². The van der Waals surface area contributed by atoms with Gasteiger partial charge < -0.3 is 0 Å². The summed E-state index contributed by atoms with van der Waals surface area (Å²) in [5.74, 6) is 0. The third-order valence-corrected chi connectivity index (χ3v) is 2.02. The second kappa shape index (κ2) is 3.24. The molecule has 0 fully saturated rings. The molecule has 1 heterocycles. The maximum absolute atomic E-state index is 8.60. The summed E-state index contributed by atoms with van der Waals surface area (Å²) in [4.78, 5) is 4.08. The number of hydrogen-bond donors (Lipinski definition) is 0. The quantitative estimate of drug-likeness (QED) is 0.655. The fourth-order valence-electron chi connectivity index (χ4n) is 1.41. The number of aromatic nitrogens is 1. The van der Waals surface area contributed by atoms with Crippen LogP contribution < -0.4 is 0 Å². The van der Waals surface area contributed by atoms with E-state index in [9.17, 15) is 0 Å². The number of nitriles is 1. The summed E-state index contributed by atoms with van der Waals surface area (Å²) in [7, 11) is 0. The van der Waals surface area contributed by atoms with Crippen LogP contribution in [0.5, 0.6) is 0 Å². The molecular formula is C11H8N2. The fourth-order valence-corrected chi connectivity index (χ4v) is 1.41. The molecule has 2 aromatic rings. The van der Waals surface area contributed by atoms with Crippen LogP contribution in [0.3, 0.4) is 0 Å². The van der Waals surface area contributed by atoms with Gasteiger partial charge in [0, 0.05) is 17.8 Å². The van der Waals surface area contributed by atoms with Gasteiger partial charge in [-0.3, -0.25) is 4.98 Å². The van der Waals surface area contributed by atoms with Crippen molar-refractivity contribution in [1.29, 1.82) is 5.26 Å². The van der Waals surface area contributed by atoms with Crippen molar-refractivity contribution < 1.29 is 0 Å². The normalized spacial score (nSPS) is 9.77. The SMILES string of the molecule is N#CCc1cncc2ccccc12. The first kappa shape index (κ1) is 7.75. The van der Waals surface area contributed by atoms with Crippen molar-refractivity contribution in [2.24, 2.45) is 0 Å². The Morgan fingerprint density at radius 2 is 2.08 bits per heavy atom. The number of pyridine rings is 1. The zero-order chi connectivity index (χ0) is 9.10. The lowest BCUT2D eigenvalue weighted by Gasteiger charge is -2.00. The third kappa shape index (κ3) is 1.36. The second-order valence-electron chi connectivity index (χ2n) is 2.85. The molecule has 0 N–H and O–H groups in total. The maximum atomic E-state index is 8.60. The Morgan fingerprint density at radius 1 is 1.23 bits per heavy atom. The molecule has 0 unspecified atom stereocenters. The average Bonchev–Trinajstić information content (AvgIpc) is 2.19. The maximum Gasteiger partial charge on any atom is 0.0670 e. The van der Waals surface area contributed by atoms with Gasteiger partial charge in [0.15, 0.2) is 0 Å². The second-order valence-corrected chi connectivity index (χ2v) is 2.85. The van der Waals surface area contributed by atoms with E-state index in [-0.39, 0.29) is 0 Å². The topological polar surface area (TPSA) is 36.7 Å². The standard InChI is InChI=1S/C11H8N2/c12-6-5-10-8-13-7-9-3-1-2-4-11(9)10/h1-4,7-8H,5H2. The first-order valence-electron chi connectivity index (χ1n) is 4.10. The molecule has 2 nitrogen and oxygen atoms in total. The molecule has 0 bridgehead atoms. The van der Waals surface area contributed by atoms with Crippen molar-refractivity contribution in [2.45, 2.75) is 6.42 Å². The number of benzene rings is 1. The van der Waals surface area contributed by atoms with E-state index < -0.39 is 0 Å². The van der Waals surface area contributed by atoms with Crippen LogP contribution >= 0.6 is 0 Å². The monoisotopic (exact) mass is 168 g/mol. The van der Waals surface area contributed by atoms with Crippen molar-refractivity contribution in [3.8, 4) is 6.07 Å². The predicted octanol–water partition coefficient (Wildman–Crippen LogP) is 2.30. The van der Waals surface area contributed by atoms with Gasteiger partial charge in [0.25, 0.3) is 0 Å². The van der Waals surface area contributed by atoms with Crippen LogP contribution in [0.1, 0.15) is 5.56 Å². The van der Waals surface area contributed by atoms with Gasteiger partial charge >= 0.3 is 0 Å². The molecule has 0 amide bonds. The molecule has 0 aliphatic heterocycles. The Labute approximate surface area is 76.5 Å². The summed E-state index contributed by atoms with van der Waals surface area (Å²) in [6.07, 6.45) is 4.00. The lowest BCUT2D eigenvalue weighted by molar-refractivity contribution is 1.22. The summed E-state index contributed by atoms with van der Waals surface area (Å²) in [5, 5.41) is 10.8. The molecule has 0 aliphatic rings. The predicted molar refractivity (Wildman–Crippen MR) is 51.1 cm³/mol. The number of fused-ring (bicyclic) bond motifs is 1. The molecule has 1 aromatic heterocycles. The molecule has 13 heavy (non-hydrogen) atoms. The highest BCUT2D eigenvalue weighted by atomic mass is 14.6. The summed E-state index contributed by atoms with van der Waals surface area (Å²) >= 11 is 0. The molecule has 0 aliphatic carbocycles. The Balaban J connectivity index is 2.70. The molecule has 0 saturated heterocycles. The van der Waals surface area contributed by atoms with E-state index in [2.05, 4.69) is 11.1 Å². The van der Waals surface area contributed by atoms with Gasteiger partial charge in [0.05, 0.1) is 12.5 Å². The minimum atomic E-state index is 0.425. The summed E-state index contributed by atoms with van der Waals surface area (Å²) in [5.41, 5.74) is 1.00. The largest absolute Gasteiger partial charge is 0.264 e. The minimum Gasteiger partial charge on any atom is -0.264 e. The zero-order valence-electron chi connectivity index (χ0n) is 7.07. The summed E-state index contributed by atoms with van der Waals surface area (Å²) in [6.45, 7) is 0. The van der Waals surface area contributed by atoms with Crippen LogP contribution in [0.25, 0.3) is 10.8 Å². The van der Waals surface area contributed by atoms with Crippen LogP contribution in [-0.4, -0.2) is 4.98 Å². The van der Waals surface area contributed by atoms with Gasteiger partial charge in [-0.05, 0) is 10.9 Å². The highest BCUT2D eigenvalue weighted by Gasteiger charge is 1.98. The van der Waals surface area contributed by atoms with Crippen molar-refractivity contribution in [2.75, 3.05) is 0 Å². The van der Waals surface area contributed by atoms with Crippen LogP contribution in [0.4, 0.5) is 0 Å². The number of nitrogens with zero attached hydrogens (tertiary/aromatic N) is 2. The van der Waals surface area contributed by atoms with Crippen LogP contribution in [0.2, 0.25) is 0 Å². The van der Waals surface area contributed by atoms with Gasteiger partial charge in [-0.15, -0.1) is 0 Å². The lowest BCUT2D eigenvalue weighted by Crippen LogP contribution is -1.86. The van der Waals surface area contributed by atoms with Gasteiger partial charge in [-0.25, -0.2) is 0 Å². The first-order valence-corrected chi connectivity index (χ1v) is 4.10. The highest BCUT2D eigenvalue weighted by Crippen LogP contribution is 2.16. The van der Waals surface area contributed by atoms with Gasteiger partial charge in [0.2, 0.25) is 0 Å². The van der Waals surface area contributed by atoms with Crippen molar-refractivity contribution in [3.63, 3.8) is 0 Å². The van der Waals surface area contributed by atoms with Gasteiger partial charge in [-0.1, -0.05) is 24.3 Å². The molecule has 0 saturated carbocycles. The molecule has 2 rings (SSSR count). The summed E-state index contributed by atoms with van der Waals surface area (Å²) in [6, 6.07) is 10.1. The van der Waals surface area contributed by atoms with Gasteiger partial charge in [0.1, 0.15) is 0 Å². The van der Waals surface area contributed by atoms with E-state index in [1.807, 2.05) is 30.5 Å². The van der Waals surface area contributed by atoms with Crippen LogP contribution in [-0.2, 0) is 6.42 Å². The molecule has 1 aromatic carbocycles. The van der Waals surface area contributed by atoms with E-state index in [4.69, 9.17) is 5.26 Å². The lowest BCUT2D eigenvalue weighted by atomic mass is 10.1. The number of rotatable bonds is 1. The van der Waals surface area contributed by atoms with Crippen molar-refractivity contribution in [1.82, 2.24) is 4.98 Å². The third-order valence-electron chi connectivity index (χ3n) is 2.02. The number of hydrogen-bond acceptors (Lipinski definition) is 2. The fraction of sp³-hybridized carbons (Fsp3) is 0.0909. The van der Waals surface area contributed by atoms with E-state index in [0.29, 0.717) is 6.42 Å². The van der Waals surface area contributed by atoms with Crippen LogP contribution in [0, 0.1) is 11.3 Å². The Bertz CT molecular complexity index is 463. The molecular weight excluding hydrogens is 160 g/mol. The van der Waals surface area contributed by atoms with E-state index in [1.165, 1.54) is 0 Å². The first-order chi connectivity index (χ1) is 6.42. The van der Waals surface area contributed by atoms with Crippen molar-refractivity contribution >= 4 is 10.8 Å². The molecule has 62 valence electrons. The zero-order valence-corrected chi connectivity index (χ0v) is 7.07. The van der Waals surface area contributed by atoms with Gasteiger partial charge in [-0.2, -0.15) is 5.26 Å². The smallest absolute Gasteiger partial charge is 0.0670 e. The molecule has 2 heteroatoms. The Kier molecular flexibility index (Phi) is 1.93.